The Hall–Kier alpha value is -4.04. The highest BCUT2D eigenvalue weighted by Gasteiger charge is 2.28. The third kappa shape index (κ3) is 3.83. The average Bonchev–Trinajstić information content (AvgIpc) is 3.46. The van der Waals surface area contributed by atoms with Crippen LogP contribution in [0.25, 0.3) is 22.0 Å². The number of phenolic OH excluding ortho intramolecular Hbond substituents is 1. The summed E-state index contributed by atoms with van der Waals surface area (Å²) >= 11 is 1.26. The summed E-state index contributed by atoms with van der Waals surface area (Å²) in [4.78, 5) is 17.3. The molecule has 0 saturated heterocycles. The molecule has 0 bridgehead atoms. The minimum atomic E-state index is -1.10. The van der Waals surface area contributed by atoms with E-state index in [1.165, 1.54) is 22.1 Å². The van der Waals surface area contributed by atoms with Gasteiger partial charge >= 0.3 is 0 Å². The van der Waals surface area contributed by atoms with Gasteiger partial charge in [0.05, 0.1) is 5.52 Å². The van der Waals surface area contributed by atoms with Crippen molar-refractivity contribution >= 4 is 33.3 Å². The molecule has 0 radical (unpaired) electrons. The predicted molar refractivity (Wildman–Crippen MR) is 122 cm³/mol. The first-order valence-corrected chi connectivity index (χ1v) is 10.7. The number of nitrogens with one attached hydrogen (secondary N) is 1. The van der Waals surface area contributed by atoms with E-state index in [1.807, 2.05) is 48.5 Å². The van der Waals surface area contributed by atoms with Crippen molar-refractivity contribution < 1.29 is 14.3 Å². The zero-order valence-electron chi connectivity index (χ0n) is 16.6. The summed E-state index contributed by atoms with van der Waals surface area (Å²) in [6.07, 6.45) is 3.28. The first-order chi connectivity index (χ1) is 15.6. The number of fused-ring (bicyclic) bond motifs is 1. The standard InChI is InChI=1S/C24H17FN4O2S/c25-18-8-9-21(30)19(13-18)22(23(31)27-24-26-10-11-32-24)29-14-17-7-6-16(12-20(17)28-29)15-4-2-1-3-5-15/h1-14,22,30H,(H,26,27,31)/t22-/m1/s1. The molecule has 5 rings (SSSR count). The van der Waals surface area contributed by atoms with Gasteiger partial charge in [-0.15, -0.1) is 11.3 Å². The molecule has 0 aliphatic rings. The van der Waals surface area contributed by atoms with Gasteiger partial charge in [-0.3, -0.25) is 14.8 Å². The van der Waals surface area contributed by atoms with Crippen LogP contribution < -0.4 is 5.32 Å². The van der Waals surface area contributed by atoms with Crippen LogP contribution in [0.2, 0.25) is 0 Å². The van der Waals surface area contributed by atoms with Crippen LogP contribution in [0.5, 0.6) is 5.75 Å². The number of halogens is 1. The van der Waals surface area contributed by atoms with Gasteiger partial charge in [0.2, 0.25) is 0 Å². The van der Waals surface area contributed by atoms with Crippen LogP contribution in [0, 0.1) is 5.82 Å². The maximum Gasteiger partial charge on any atom is 0.255 e. The van der Waals surface area contributed by atoms with E-state index in [0.717, 1.165) is 28.6 Å². The van der Waals surface area contributed by atoms with E-state index in [9.17, 15) is 14.3 Å². The highest BCUT2D eigenvalue weighted by atomic mass is 32.1. The normalized spacial score (nSPS) is 12.0. The van der Waals surface area contributed by atoms with Crippen LogP contribution in [-0.2, 0) is 4.79 Å². The first kappa shape index (κ1) is 19.9. The number of aromatic nitrogens is 3. The molecule has 158 valence electrons. The van der Waals surface area contributed by atoms with Crippen LogP contribution in [0.3, 0.4) is 0 Å². The Bertz CT molecular complexity index is 1400. The van der Waals surface area contributed by atoms with E-state index in [4.69, 9.17) is 0 Å². The molecule has 0 unspecified atom stereocenters. The van der Waals surface area contributed by atoms with E-state index in [1.54, 1.807) is 17.8 Å². The molecule has 0 saturated carbocycles. The molecule has 0 spiro atoms. The molecule has 5 aromatic rings. The van der Waals surface area contributed by atoms with Gasteiger partial charge in [-0.05, 0) is 35.4 Å². The van der Waals surface area contributed by atoms with Gasteiger partial charge in [-0.25, -0.2) is 9.37 Å². The molecule has 0 fully saturated rings. The lowest BCUT2D eigenvalue weighted by Crippen LogP contribution is -2.27. The molecule has 2 heterocycles. The number of thiazole rings is 1. The van der Waals surface area contributed by atoms with Gasteiger partial charge in [-0.2, -0.15) is 5.10 Å². The molecule has 0 aliphatic carbocycles. The SMILES string of the molecule is O=C(Nc1nccs1)[C@@H](c1cc(F)ccc1O)n1cc2ccc(-c3ccccc3)cc2n1. The van der Waals surface area contributed by atoms with Crippen molar-refractivity contribution in [2.45, 2.75) is 6.04 Å². The predicted octanol–water partition coefficient (Wildman–Crippen LogP) is 5.23. The Balaban J connectivity index is 1.60. The first-order valence-electron chi connectivity index (χ1n) is 9.81. The molecule has 1 amide bonds. The van der Waals surface area contributed by atoms with Crippen LogP contribution >= 0.6 is 11.3 Å². The van der Waals surface area contributed by atoms with Gasteiger partial charge < -0.3 is 5.11 Å². The number of anilines is 1. The molecule has 32 heavy (non-hydrogen) atoms. The maximum absolute atomic E-state index is 14.0. The van der Waals surface area contributed by atoms with Gasteiger partial charge in [0, 0.05) is 28.7 Å². The largest absolute Gasteiger partial charge is 0.508 e. The quantitative estimate of drug-likeness (QED) is 0.389. The fourth-order valence-corrected chi connectivity index (χ4v) is 4.12. The third-order valence-corrected chi connectivity index (χ3v) is 5.78. The van der Waals surface area contributed by atoms with Crippen LogP contribution in [0.4, 0.5) is 9.52 Å². The number of hydrogen-bond acceptors (Lipinski definition) is 5. The number of carbonyl (C=O) groups excluding carboxylic acids is 1. The fourth-order valence-electron chi connectivity index (χ4n) is 3.58. The second-order valence-electron chi connectivity index (χ2n) is 7.18. The molecular weight excluding hydrogens is 427 g/mol. The smallest absolute Gasteiger partial charge is 0.255 e. The van der Waals surface area contributed by atoms with E-state index in [2.05, 4.69) is 15.4 Å². The zero-order valence-corrected chi connectivity index (χ0v) is 17.5. The van der Waals surface area contributed by atoms with Gasteiger partial charge in [0.1, 0.15) is 11.6 Å². The Morgan fingerprint density at radius 1 is 1.06 bits per heavy atom. The zero-order chi connectivity index (χ0) is 22.1. The average molecular weight is 444 g/mol. The number of rotatable bonds is 5. The number of nitrogens with zero attached hydrogens (tertiary/aromatic N) is 3. The summed E-state index contributed by atoms with van der Waals surface area (Å²) in [6.45, 7) is 0. The van der Waals surface area contributed by atoms with E-state index < -0.39 is 17.8 Å². The molecule has 8 heteroatoms. The summed E-state index contributed by atoms with van der Waals surface area (Å²) in [5.41, 5.74) is 2.81. The molecule has 3 aromatic carbocycles. The van der Waals surface area contributed by atoms with E-state index >= 15 is 0 Å². The van der Waals surface area contributed by atoms with Gasteiger partial charge in [0.15, 0.2) is 11.2 Å². The minimum Gasteiger partial charge on any atom is -0.508 e. The molecular formula is C24H17FN4O2S. The topological polar surface area (TPSA) is 80.0 Å². The number of carbonyl (C=O) groups is 1. The molecule has 2 aromatic heterocycles. The van der Waals surface area contributed by atoms with Gasteiger partial charge in [-0.1, -0.05) is 42.5 Å². The molecule has 1 atom stereocenters. The fraction of sp³-hybridized carbons (Fsp3) is 0.0417. The molecule has 0 aliphatic heterocycles. The van der Waals surface area contributed by atoms with Crippen molar-refractivity contribution in [2.75, 3.05) is 5.32 Å². The summed E-state index contributed by atoms with van der Waals surface area (Å²) in [5, 5.41) is 20.7. The lowest BCUT2D eigenvalue weighted by atomic mass is 10.0. The molecule has 2 N–H and O–H groups in total. The van der Waals surface area contributed by atoms with Gasteiger partial charge in [0.25, 0.3) is 5.91 Å². The van der Waals surface area contributed by atoms with Crippen molar-refractivity contribution in [1.29, 1.82) is 0 Å². The van der Waals surface area contributed by atoms with E-state index in [0.29, 0.717) is 10.6 Å². The van der Waals surface area contributed by atoms with Crippen molar-refractivity contribution in [3.8, 4) is 16.9 Å². The highest BCUT2D eigenvalue weighted by molar-refractivity contribution is 7.13. The van der Waals surface area contributed by atoms with Crippen LogP contribution in [-0.4, -0.2) is 25.8 Å². The highest BCUT2D eigenvalue weighted by Crippen LogP contribution is 2.31. The minimum absolute atomic E-state index is 0.107. The summed E-state index contributed by atoms with van der Waals surface area (Å²) in [6, 6.07) is 18.1. The van der Waals surface area contributed by atoms with Crippen molar-refractivity contribution in [3.63, 3.8) is 0 Å². The second-order valence-corrected chi connectivity index (χ2v) is 8.08. The van der Waals surface area contributed by atoms with E-state index in [-0.39, 0.29) is 11.3 Å². The number of benzene rings is 3. The maximum atomic E-state index is 14.0. The number of hydrogen-bond donors (Lipinski definition) is 2. The summed E-state index contributed by atoms with van der Waals surface area (Å²) < 4.78 is 15.5. The Kier molecular flexibility index (Phi) is 5.12. The summed E-state index contributed by atoms with van der Waals surface area (Å²) in [7, 11) is 0. The third-order valence-electron chi connectivity index (χ3n) is 5.09. The number of amides is 1. The molecule has 6 nitrogen and oxygen atoms in total. The second kappa shape index (κ2) is 8.24. The number of aromatic hydroxyl groups is 1. The monoisotopic (exact) mass is 444 g/mol. The Morgan fingerprint density at radius 3 is 2.69 bits per heavy atom. The lowest BCUT2D eigenvalue weighted by molar-refractivity contribution is -0.118. The Morgan fingerprint density at radius 2 is 1.91 bits per heavy atom. The number of phenols is 1. The summed E-state index contributed by atoms with van der Waals surface area (Å²) in [5.74, 6) is -1.25. The Labute approximate surface area is 186 Å². The lowest BCUT2D eigenvalue weighted by Gasteiger charge is -2.18. The van der Waals surface area contributed by atoms with Crippen LogP contribution in [0.15, 0.2) is 84.5 Å². The van der Waals surface area contributed by atoms with Crippen molar-refractivity contribution in [2.24, 2.45) is 0 Å². The van der Waals surface area contributed by atoms with Crippen molar-refractivity contribution in [1.82, 2.24) is 14.8 Å². The van der Waals surface area contributed by atoms with Crippen LogP contribution in [0.1, 0.15) is 11.6 Å². The van der Waals surface area contributed by atoms with Crippen molar-refractivity contribution in [3.05, 3.63) is 95.9 Å².